The fourth-order valence-electron chi connectivity index (χ4n) is 2.08. The maximum atomic E-state index is 8.96. The molecule has 1 aromatic carbocycles. The topological polar surface area (TPSA) is 35.8 Å². The van der Waals surface area contributed by atoms with Gasteiger partial charge in [-0.15, -0.1) is 0 Å². The van der Waals surface area contributed by atoms with Gasteiger partial charge in [-0.1, -0.05) is 48.5 Å². The van der Waals surface area contributed by atoms with Crippen molar-refractivity contribution in [1.82, 2.24) is 4.90 Å². The van der Waals surface area contributed by atoms with Crippen LogP contribution >= 0.6 is 0 Å². The molecule has 102 valence electrons. The van der Waals surface area contributed by atoms with Gasteiger partial charge < -0.3 is 27.1 Å². The molecule has 0 atom stereocenters. The molecule has 0 fully saturated rings. The zero-order valence-electron chi connectivity index (χ0n) is 11.0. The highest BCUT2D eigenvalue weighted by molar-refractivity contribution is 6.00. The third-order valence-electron chi connectivity index (χ3n) is 3.02. The average molecular weight is 322 g/mol. The molecule has 1 N–H and O–H groups in total. The normalized spacial score (nSPS) is 14.9. The number of oxime groups is 1. The molecular weight excluding hydrogens is 304 g/mol. The van der Waals surface area contributed by atoms with E-state index in [2.05, 4.69) is 28.4 Å². The van der Waals surface area contributed by atoms with Gasteiger partial charge in [-0.05, 0) is 29.8 Å². The van der Waals surface area contributed by atoms with Crippen molar-refractivity contribution in [2.75, 3.05) is 6.54 Å². The molecule has 0 saturated carbocycles. The van der Waals surface area contributed by atoms with Crippen LogP contribution in [-0.4, -0.2) is 22.4 Å². The molecule has 0 unspecified atom stereocenters. The predicted molar refractivity (Wildman–Crippen MR) is 73.6 cm³/mol. The van der Waals surface area contributed by atoms with Gasteiger partial charge in [-0.25, -0.2) is 0 Å². The molecule has 3 nitrogen and oxygen atoms in total. The van der Waals surface area contributed by atoms with Crippen molar-refractivity contribution in [1.29, 1.82) is 0 Å². The van der Waals surface area contributed by atoms with Crippen LogP contribution in [0.25, 0.3) is 0 Å². The van der Waals surface area contributed by atoms with Crippen molar-refractivity contribution < 1.29 is 22.2 Å². The maximum absolute atomic E-state index is 8.96. The lowest BCUT2D eigenvalue weighted by molar-refractivity contribution is -0.00000452. The minimum absolute atomic E-state index is 0. The largest absolute Gasteiger partial charge is 1.00 e. The summed E-state index contributed by atoms with van der Waals surface area (Å²) in [5.41, 5.74) is 3.12. The minimum Gasteiger partial charge on any atom is -1.00 e. The SMILES string of the molecule is CCC(=NO)C1=CC=CN(Cc2ccccc2)C1.[Br-]. The van der Waals surface area contributed by atoms with E-state index in [0.29, 0.717) is 0 Å². The highest BCUT2D eigenvalue weighted by Gasteiger charge is 2.12. The summed E-state index contributed by atoms with van der Waals surface area (Å²) in [6.45, 7) is 3.66. The van der Waals surface area contributed by atoms with E-state index in [-0.39, 0.29) is 17.0 Å². The summed E-state index contributed by atoms with van der Waals surface area (Å²) >= 11 is 0. The molecule has 1 aliphatic heterocycles. The van der Waals surface area contributed by atoms with Gasteiger partial charge in [0, 0.05) is 13.1 Å². The first-order valence-electron chi connectivity index (χ1n) is 6.20. The van der Waals surface area contributed by atoms with E-state index in [9.17, 15) is 0 Å². The van der Waals surface area contributed by atoms with E-state index >= 15 is 0 Å². The Bertz CT molecular complexity index is 480. The van der Waals surface area contributed by atoms with E-state index in [1.165, 1.54) is 5.56 Å². The first kappa shape index (κ1) is 15.5. The molecule has 1 heterocycles. The minimum atomic E-state index is 0. The first-order valence-corrected chi connectivity index (χ1v) is 6.20. The fraction of sp³-hybridized carbons (Fsp3) is 0.267. The standard InChI is InChI=1S/C15H18N2O.BrH/c1-2-15(16-18)14-9-6-10-17(12-14)11-13-7-4-3-5-8-13;/h3-10,18H,2,11-12H2,1H3;1H/p-1. The van der Waals surface area contributed by atoms with E-state index < -0.39 is 0 Å². The zero-order chi connectivity index (χ0) is 12.8. The van der Waals surface area contributed by atoms with Gasteiger partial charge in [0.15, 0.2) is 0 Å². The Kier molecular flexibility index (Phi) is 6.36. The van der Waals surface area contributed by atoms with Crippen LogP contribution in [0.2, 0.25) is 0 Å². The molecule has 0 aliphatic carbocycles. The Morgan fingerprint density at radius 3 is 2.68 bits per heavy atom. The molecule has 0 bridgehead atoms. The van der Waals surface area contributed by atoms with Crippen LogP contribution in [0.3, 0.4) is 0 Å². The number of hydrogen-bond acceptors (Lipinski definition) is 3. The molecule has 4 heteroatoms. The van der Waals surface area contributed by atoms with Gasteiger partial charge in [-0.3, -0.25) is 0 Å². The summed E-state index contributed by atoms with van der Waals surface area (Å²) in [5, 5.41) is 12.3. The lowest BCUT2D eigenvalue weighted by Gasteiger charge is -2.24. The number of benzene rings is 1. The summed E-state index contributed by atoms with van der Waals surface area (Å²) in [6, 6.07) is 10.4. The molecule has 19 heavy (non-hydrogen) atoms. The third kappa shape index (κ3) is 4.24. The molecular formula is C15H18BrN2O-. The van der Waals surface area contributed by atoms with Crippen LogP contribution in [0.15, 0.2) is 59.4 Å². The van der Waals surface area contributed by atoms with Crippen molar-refractivity contribution in [2.24, 2.45) is 5.16 Å². The van der Waals surface area contributed by atoms with Crippen LogP contribution in [-0.2, 0) is 6.54 Å². The lowest BCUT2D eigenvalue weighted by atomic mass is 10.1. The Morgan fingerprint density at radius 2 is 2.05 bits per heavy atom. The summed E-state index contributed by atoms with van der Waals surface area (Å²) < 4.78 is 0. The lowest BCUT2D eigenvalue weighted by Crippen LogP contribution is -3.00. The second kappa shape index (κ2) is 7.79. The molecule has 0 saturated heterocycles. The van der Waals surface area contributed by atoms with E-state index in [1.54, 1.807) is 0 Å². The summed E-state index contributed by atoms with van der Waals surface area (Å²) in [4.78, 5) is 2.21. The van der Waals surface area contributed by atoms with Crippen LogP contribution in [0, 0.1) is 0 Å². The second-order valence-electron chi connectivity index (χ2n) is 4.32. The molecule has 1 aliphatic rings. The van der Waals surface area contributed by atoms with Crippen LogP contribution in [0.1, 0.15) is 18.9 Å². The van der Waals surface area contributed by atoms with Gasteiger partial charge in [0.25, 0.3) is 0 Å². The highest BCUT2D eigenvalue weighted by Crippen LogP contribution is 2.14. The Balaban J connectivity index is 0.00000180. The monoisotopic (exact) mass is 321 g/mol. The number of nitrogens with zero attached hydrogens (tertiary/aromatic N) is 2. The highest BCUT2D eigenvalue weighted by atomic mass is 79.9. The fourth-order valence-corrected chi connectivity index (χ4v) is 2.08. The van der Waals surface area contributed by atoms with E-state index in [1.807, 2.05) is 37.3 Å². The quantitative estimate of drug-likeness (QED) is 0.488. The molecule has 0 amide bonds. The molecule has 2 rings (SSSR count). The second-order valence-corrected chi connectivity index (χ2v) is 4.32. The number of halogens is 1. The van der Waals surface area contributed by atoms with Crippen LogP contribution in [0.5, 0.6) is 0 Å². The summed E-state index contributed by atoms with van der Waals surface area (Å²) in [6.07, 6.45) is 6.83. The molecule has 0 radical (unpaired) electrons. The van der Waals surface area contributed by atoms with Gasteiger partial charge in [0.1, 0.15) is 0 Å². The molecule has 0 spiro atoms. The van der Waals surface area contributed by atoms with E-state index in [4.69, 9.17) is 5.21 Å². The Labute approximate surface area is 124 Å². The van der Waals surface area contributed by atoms with Crippen molar-refractivity contribution >= 4 is 5.71 Å². The molecule has 1 aromatic rings. The van der Waals surface area contributed by atoms with Crippen molar-refractivity contribution in [3.05, 3.63) is 59.8 Å². The zero-order valence-corrected chi connectivity index (χ0v) is 12.5. The smallest absolute Gasteiger partial charge is 0.0842 e. The van der Waals surface area contributed by atoms with Crippen molar-refractivity contribution in [3.63, 3.8) is 0 Å². The van der Waals surface area contributed by atoms with Gasteiger partial charge in [-0.2, -0.15) is 0 Å². The average Bonchev–Trinajstić information content (AvgIpc) is 2.42. The maximum Gasteiger partial charge on any atom is 0.0842 e. The van der Waals surface area contributed by atoms with Crippen LogP contribution < -0.4 is 17.0 Å². The Hall–Kier alpha value is -1.55. The summed E-state index contributed by atoms with van der Waals surface area (Å²) in [5.74, 6) is 0. The van der Waals surface area contributed by atoms with Gasteiger partial charge >= 0.3 is 0 Å². The van der Waals surface area contributed by atoms with Crippen molar-refractivity contribution in [2.45, 2.75) is 19.9 Å². The van der Waals surface area contributed by atoms with Gasteiger partial charge in [0.2, 0.25) is 0 Å². The number of hydrogen-bond donors (Lipinski definition) is 1. The number of allylic oxidation sites excluding steroid dienone is 2. The Morgan fingerprint density at radius 1 is 1.32 bits per heavy atom. The predicted octanol–water partition coefficient (Wildman–Crippen LogP) is 0.186. The van der Waals surface area contributed by atoms with Crippen LogP contribution in [0.4, 0.5) is 0 Å². The summed E-state index contributed by atoms with van der Waals surface area (Å²) in [7, 11) is 0. The number of rotatable bonds is 4. The van der Waals surface area contributed by atoms with Gasteiger partial charge in [0.05, 0.1) is 5.71 Å². The molecule has 0 aromatic heterocycles. The van der Waals surface area contributed by atoms with Crippen molar-refractivity contribution in [3.8, 4) is 0 Å². The van der Waals surface area contributed by atoms with E-state index in [0.717, 1.165) is 30.8 Å². The first-order chi connectivity index (χ1) is 8.83. The third-order valence-corrected chi connectivity index (χ3v) is 3.02.